The SMILES string of the molecule is CCc1ccccc1NC(=O)CNC(=O)c1csc(-c2ccc(OC)cc2)n1. The van der Waals surface area contributed by atoms with Gasteiger partial charge in [-0.25, -0.2) is 4.98 Å². The molecule has 1 heterocycles. The van der Waals surface area contributed by atoms with Crippen molar-refractivity contribution in [2.75, 3.05) is 19.0 Å². The number of aryl methyl sites for hydroxylation is 1. The third-order valence-corrected chi connectivity index (χ3v) is 5.05. The minimum Gasteiger partial charge on any atom is -0.497 e. The summed E-state index contributed by atoms with van der Waals surface area (Å²) in [4.78, 5) is 28.8. The van der Waals surface area contributed by atoms with Crippen LogP contribution in [0.3, 0.4) is 0 Å². The van der Waals surface area contributed by atoms with Crippen LogP contribution in [0.1, 0.15) is 23.0 Å². The molecule has 3 aromatic rings. The van der Waals surface area contributed by atoms with E-state index in [1.807, 2.05) is 55.5 Å². The van der Waals surface area contributed by atoms with Crippen LogP contribution in [-0.2, 0) is 11.2 Å². The summed E-state index contributed by atoms with van der Waals surface area (Å²) in [5.41, 5.74) is 3.00. The number of ether oxygens (including phenoxy) is 1. The number of benzene rings is 2. The predicted octanol–water partition coefficient (Wildman–Crippen LogP) is 3.75. The van der Waals surface area contributed by atoms with E-state index in [4.69, 9.17) is 4.74 Å². The molecule has 2 amide bonds. The molecule has 1 aromatic heterocycles. The number of aromatic nitrogens is 1. The summed E-state index contributed by atoms with van der Waals surface area (Å²) in [6.07, 6.45) is 0.815. The summed E-state index contributed by atoms with van der Waals surface area (Å²) in [5, 5.41) is 7.85. The second kappa shape index (κ2) is 9.14. The van der Waals surface area contributed by atoms with Gasteiger partial charge in [0, 0.05) is 16.6 Å². The summed E-state index contributed by atoms with van der Waals surface area (Å²) in [6, 6.07) is 15.1. The van der Waals surface area contributed by atoms with Gasteiger partial charge < -0.3 is 15.4 Å². The van der Waals surface area contributed by atoms with Gasteiger partial charge in [-0.05, 0) is 42.3 Å². The predicted molar refractivity (Wildman–Crippen MR) is 111 cm³/mol. The Morgan fingerprint density at radius 2 is 1.86 bits per heavy atom. The maximum absolute atomic E-state index is 12.3. The molecular formula is C21H21N3O3S. The van der Waals surface area contributed by atoms with Crippen LogP contribution in [0.15, 0.2) is 53.9 Å². The van der Waals surface area contributed by atoms with Crippen molar-refractivity contribution >= 4 is 28.8 Å². The number of amides is 2. The third-order valence-electron chi connectivity index (χ3n) is 4.16. The van der Waals surface area contributed by atoms with Crippen molar-refractivity contribution in [1.29, 1.82) is 0 Å². The van der Waals surface area contributed by atoms with Crippen molar-refractivity contribution in [1.82, 2.24) is 10.3 Å². The molecule has 7 heteroatoms. The highest BCUT2D eigenvalue weighted by Crippen LogP contribution is 2.25. The van der Waals surface area contributed by atoms with E-state index < -0.39 is 0 Å². The molecule has 3 rings (SSSR count). The Kier molecular flexibility index (Phi) is 6.39. The van der Waals surface area contributed by atoms with Crippen LogP contribution in [0.25, 0.3) is 10.6 Å². The van der Waals surface area contributed by atoms with Crippen molar-refractivity contribution in [2.24, 2.45) is 0 Å². The lowest BCUT2D eigenvalue weighted by molar-refractivity contribution is -0.115. The maximum atomic E-state index is 12.3. The number of rotatable bonds is 7. The van der Waals surface area contributed by atoms with Crippen LogP contribution in [0.4, 0.5) is 5.69 Å². The molecule has 0 unspecified atom stereocenters. The second-order valence-electron chi connectivity index (χ2n) is 6.01. The van der Waals surface area contributed by atoms with Gasteiger partial charge in [0.05, 0.1) is 13.7 Å². The number of hydrogen-bond acceptors (Lipinski definition) is 5. The summed E-state index contributed by atoms with van der Waals surface area (Å²) in [7, 11) is 1.61. The number of hydrogen-bond donors (Lipinski definition) is 2. The molecule has 0 fully saturated rings. The Labute approximate surface area is 167 Å². The van der Waals surface area contributed by atoms with Crippen LogP contribution in [0, 0.1) is 0 Å². The van der Waals surface area contributed by atoms with Crippen LogP contribution >= 0.6 is 11.3 Å². The largest absolute Gasteiger partial charge is 0.497 e. The van der Waals surface area contributed by atoms with Crippen LogP contribution < -0.4 is 15.4 Å². The summed E-state index contributed by atoms with van der Waals surface area (Å²) < 4.78 is 5.14. The summed E-state index contributed by atoms with van der Waals surface area (Å²) in [6.45, 7) is 1.90. The minimum absolute atomic E-state index is 0.119. The molecule has 0 atom stereocenters. The number of para-hydroxylation sites is 1. The van der Waals surface area contributed by atoms with Gasteiger partial charge in [-0.1, -0.05) is 25.1 Å². The van der Waals surface area contributed by atoms with Crippen molar-refractivity contribution < 1.29 is 14.3 Å². The normalized spacial score (nSPS) is 10.4. The Morgan fingerprint density at radius 3 is 2.57 bits per heavy atom. The number of anilines is 1. The first-order valence-electron chi connectivity index (χ1n) is 8.86. The fourth-order valence-electron chi connectivity index (χ4n) is 2.64. The van der Waals surface area contributed by atoms with E-state index in [1.54, 1.807) is 12.5 Å². The zero-order chi connectivity index (χ0) is 19.9. The van der Waals surface area contributed by atoms with Crippen molar-refractivity contribution in [3.8, 4) is 16.3 Å². The highest BCUT2D eigenvalue weighted by Gasteiger charge is 2.13. The number of methoxy groups -OCH3 is 1. The third kappa shape index (κ3) is 4.75. The summed E-state index contributed by atoms with van der Waals surface area (Å²) >= 11 is 1.37. The van der Waals surface area contributed by atoms with Gasteiger partial charge in [0.2, 0.25) is 5.91 Å². The van der Waals surface area contributed by atoms with Gasteiger partial charge in [-0.15, -0.1) is 11.3 Å². The quantitative estimate of drug-likeness (QED) is 0.638. The fraction of sp³-hybridized carbons (Fsp3) is 0.190. The van der Waals surface area contributed by atoms with Gasteiger partial charge >= 0.3 is 0 Å². The molecule has 0 aliphatic heterocycles. The fourth-order valence-corrected chi connectivity index (χ4v) is 3.45. The van der Waals surface area contributed by atoms with E-state index in [2.05, 4.69) is 15.6 Å². The minimum atomic E-state index is -0.380. The Morgan fingerprint density at radius 1 is 1.11 bits per heavy atom. The Bertz CT molecular complexity index is 967. The van der Waals surface area contributed by atoms with Crippen molar-refractivity contribution in [3.05, 3.63) is 65.2 Å². The van der Waals surface area contributed by atoms with E-state index in [0.29, 0.717) is 0 Å². The zero-order valence-corrected chi connectivity index (χ0v) is 16.5. The molecule has 144 valence electrons. The van der Waals surface area contributed by atoms with Gasteiger partial charge in [0.25, 0.3) is 5.91 Å². The van der Waals surface area contributed by atoms with Gasteiger partial charge in [0.15, 0.2) is 0 Å². The second-order valence-corrected chi connectivity index (χ2v) is 6.87. The van der Waals surface area contributed by atoms with Crippen LogP contribution in [-0.4, -0.2) is 30.5 Å². The molecule has 2 N–H and O–H groups in total. The van der Waals surface area contributed by atoms with E-state index >= 15 is 0 Å². The molecule has 2 aromatic carbocycles. The first-order chi connectivity index (χ1) is 13.6. The molecule has 0 aliphatic carbocycles. The topological polar surface area (TPSA) is 80.3 Å². The van der Waals surface area contributed by atoms with Gasteiger partial charge in [0.1, 0.15) is 16.5 Å². The van der Waals surface area contributed by atoms with Crippen molar-refractivity contribution in [2.45, 2.75) is 13.3 Å². The van der Waals surface area contributed by atoms with E-state index in [9.17, 15) is 9.59 Å². The van der Waals surface area contributed by atoms with Crippen LogP contribution in [0.5, 0.6) is 5.75 Å². The molecule has 0 aliphatic rings. The molecule has 0 saturated heterocycles. The molecule has 0 radical (unpaired) electrons. The monoisotopic (exact) mass is 395 g/mol. The molecular weight excluding hydrogens is 374 g/mol. The maximum Gasteiger partial charge on any atom is 0.271 e. The summed E-state index contributed by atoms with van der Waals surface area (Å²) in [5.74, 6) is 0.101. The van der Waals surface area contributed by atoms with E-state index in [1.165, 1.54) is 11.3 Å². The number of carbonyl (C=O) groups excluding carboxylic acids is 2. The van der Waals surface area contributed by atoms with E-state index in [0.717, 1.165) is 34.0 Å². The van der Waals surface area contributed by atoms with Gasteiger partial charge in [-0.3, -0.25) is 9.59 Å². The first kappa shape index (κ1) is 19.6. The molecule has 6 nitrogen and oxygen atoms in total. The number of nitrogens with one attached hydrogen (secondary N) is 2. The average Bonchev–Trinajstić information content (AvgIpc) is 3.23. The molecule has 28 heavy (non-hydrogen) atoms. The highest BCUT2D eigenvalue weighted by molar-refractivity contribution is 7.13. The lowest BCUT2D eigenvalue weighted by Crippen LogP contribution is -2.33. The van der Waals surface area contributed by atoms with Crippen molar-refractivity contribution in [3.63, 3.8) is 0 Å². The molecule has 0 bridgehead atoms. The highest BCUT2D eigenvalue weighted by atomic mass is 32.1. The number of thiazole rings is 1. The number of nitrogens with zero attached hydrogens (tertiary/aromatic N) is 1. The Hall–Kier alpha value is -3.19. The molecule has 0 spiro atoms. The molecule has 0 saturated carbocycles. The number of carbonyl (C=O) groups is 2. The lowest BCUT2D eigenvalue weighted by Gasteiger charge is -2.09. The first-order valence-corrected chi connectivity index (χ1v) is 9.74. The lowest BCUT2D eigenvalue weighted by atomic mass is 10.1. The average molecular weight is 395 g/mol. The zero-order valence-electron chi connectivity index (χ0n) is 15.7. The standard InChI is InChI=1S/C21H21N3O3S/c1-3-14-6-4-5-7-17(14)23-19(25)12-22-20(26)18-13-28-21(24-18)15-8-10-16(27-2)11-9-15/h4-11,13H,3,12H2,1-2H3,(H,22,26)(H,23,25). The smallest absolute Gasteiger partial charge is 0.271 e. The van der Waals surface area contributed by atoms with E-state index in [-0.39, 0.29) is 24.1 Å². The Balaban J connectivity index is 1.57. The van der Waals surface area contributed by atoms with Gasteiger partial charge in [-0.2, -0.15) is 0 Å². The van der Waals surface area contributed by atoms with Crippen LogP contribution in [0.2, 0.25) is 0 Å².